The number of aromatic nitrogens is 3. The first kappa shape index (κ1) is 12.0. The first-order valence-electron chi connectivity index (χ1n) is 5.37. The van der Waals surface area contributed by atoms with Gasteiger partial charge in [0.25, 0.3) is 0 Å². The number of carboxylic acid groups (broad SMARTS) is 1. The second-order valence-electron chi connectivity index (χ2n) is 3.68. The van der Waals surface area contributed by atoms with Gasteiger partial charge < -0.3 is 10.4 Å². The average Bonchev–Trinajstić information content (AvgIpc) is 2.37. The van der Waals surface area contributed by atoms with E-state index in [1.807, 2.05) is 0 Å². The van der Waals surface area contributed by atoms with Crippen molar-refractivity contribution in [1.82, 2.24) is 15.0 Å². The molecule has 0 aromatic carbocycles. The lowest BCUT2D eigenvalue weighted by molar-refractivity contribution is 0.0696. The summed E-state index contributed by atoms with van der Waals surface area (Å²) in [5.74, 6) is 0.397. The number of carboxylic acids is 1. The maximum atomic E-state index is 10.8. The third kappa shape index (κ3) is 3.00. The van der Waals surface area contributed by atoms with Crippen LogP contribution in [0.1, 0.15) is 21.9 Å². The van der Waals surface area contributed by atoms with Crippen molar-refractivity contribution in [2.45, 2.75) is 13.5 Å². The van der Waals surface area contributed by atoms with Crippen LogP contribution in [0.3, 0.4) is 0 Å². The summed E-state index contributed by atoms with van der Waals surface area (Å²) in [6.07, 6.45) is 3.14. The van der Waals surface area contributed by atoms with Gasteiger partial charge in [-0.25, -0.2) is 14.8 Å². The second-order valence-corrected chi connectivity index (χ2v) is 3.68. The lowest BCUT2D eigenvalue weighted by Gasteiger charge is -2.05. The molecule has 2 aromatic heterocycles. The van der Waals surface area contributed by atoms with Crippen molar-refractivity contribution in [2.24, 2.45) is 0 Å². The molecule has 0 fully saturated rings. The summed E-state index contributed by atoms with van der Waals surface area (Å²) in [5, 5.41) is 11.9. The predicted molar refractivity (Wildman–Crippen MR) is 65.3 cm³/mol. The van der Waals surface area contributed by atoms with Crippen LogP contribution in [0.2, 0.25) is 0 Å². The zero-order chi connectivity index (χ0) is 13.0. The van der Waals surface area contributed by atoms with Crippen LogP contribution in [0.4, 0.5) is 5.82 Å². The first-order chi connectivity index (χ1) is 8.65. The highest BCUT2D eigenvalue weighted by Crippen LogP contribution is 2.06. The van der Waals surface area contributed by atoms with Crippen LogP contribution in [-0.4, -0.2) is 26.0 Å². The standard InChI is InChI=1S/C12H12N4O2/c1-8-13-5-3-11(16-8)15-7-10-6-9(12(17)18)2-4-14-10/h2-6H,7H2,1H3,(H,17,18)(H,13,15,16). The Kier molecular flexibility index (Phi) is 3.47. The number of hydrogen-bond acceptors (Lipinski definition) is 5. The monoisotopic (exact) mass is 244 g/mol. The minimum atomic E-state index is -0.962. The predicted octanol–water partition coefficient (Wildman–Crippen LogP) is 1.49. The Morgan fingerprint density at radius 3 is 2.83 bits per heavy atom. The Bertz CT molecular complexity index is 572. The second kappa shape index (κ2) is 5.22. The third-order valence-corrected chi connectivity index (χ3v) is 2.29. The summed E-state index contributed by atoms with van der Waals surface area (Å²) in [5.41, 5.74) is 0.867. The van der Waals surface area contributed by atoms with E-state index in [0.29, 0.717) is 23.9 Å². The lowest BCUT2D eigenvalue weighted by Crippen LogP contribution is -2.06. The number of anilines is 1. The quantitative estimate of drug-likeness (QED) is 0.847. The Morgan fingerprint density at radius 1 is 1.33 bits per heavy atom. The molecule has 0 atom stereocenters. The van der Waals surface area contributed by atoms with Crippen LogP contribution in [0.25, 0.3) is 0 Å². The Balaban J connectivity index is 2.06. The molecule has 0 spiro atoms. The summed E-state index contributed by atoms with van der Waals surface area (Å²) in [7, 11) is 0. The number of nitrogens with one attached hydrogen (secondary N) is 1. The zero-order valence-electron chi connectivity index (χ0n) is 9.79. The molecule has 2 N–H and O–H groups in total. The van der Waals surface area contributed by atoms with Crippen molar-refractivity contribution < 1.29 is 9.90 Å². The number of aryl methyl sites for hydroxylation is 1. The minimum absolute atomic E-state index is 0.223. The van der Waals surface area contributed by atoms with E-state index < -0.39 is 5.97 Å². The van der Waals surface area contributed by atoms with Gasteiger partial charge >= 0.3 is 5.97 Å². The first-order valence-corrected chi connectivity index (χ1v) is 5.37. The zero-order valence-corrected chi connectivity index (χ0v) is 9.79. The van der Waals surface area contributed by atoms with Crippen LogP contribution in [-0.2, 0) is 6.54 Å². The highest BCUT2D eigenvalue weighted by Gasteiger charge is 2.04. The van der Waals surface area contributed by atoms with Gasteiger partial charge in [-0.05, 0) is 25.1 Å². The molecule has 6 heteroatoms. The van der Waals surface area contributed by atoms with Crippen molar-refractivity contribution >= 4 is 11.8 Å². The molecule has 92 valence electrons. The summed E-state index contributed by atoms with van der Waals surface area (Å²) in [4.78, 5) is 23.1. The number of pyridine rings is 1. The van der Waals surface area contributed by atoms with Crippen molar-refractivity contribution in [1.29, 1.82) is 0 Å². The van der Waals surface area contributed by atoms with Crippen molar-refractivity contribution in [3.05, 3.63) is 47.7 Å². The van der Waals surface area contributed by atoms with E-state index in [0.717, 1.165) is 0 Å². The summed E-state index contributed by atoms with van der Waals surface area (Å²) >= 11 is 0. The molecule has 0 aliphatic carbocycles. The highest BCUT2D eigenvalue weighted by molar-refractivity contribution is 5.87. The van der Waals surface area contributed by atoms with Gasteiger partial charge in [-0.15, -0.1) is 0 Å². The Morgan fingerprint density at radius 2 is 2.11 bits per heavy atom. The molecule has 0 bridgehead atoms. The molecule has 0 radical (unpaired) electrons. The molecule has 0 saturated carbocycles. The molecule has 0 aliphatic rings. The molecular weight excluding hydrogens is 232 g/mol. The van der Waals surface area contributed by atoms with E-state index in [9.17, 15) is 4.79 Å². The van der Waals surface area contributed by atoms with Crippen molar-refractivity contribution in [3.8, 4) is 0 Å². The van der Waals surface area contributed by atoms with Gasteiger partial charge in [0.2, 0.25) is 0 Å². The molecule has 2 aromatic rings. The van der Waals surface area contributed by atoms with E-state index in [1.54, 1.807) is 19.2 Å². The third-order valence-electron chi connectivity index (χ3n) is 2.29. The summed E-state index contributed by atoms with van der Waals surface area (Å²) in [6, 6.07) is 4.73. The summed E-state index contributed by atoms with van der Waals surface area (Å²) in [6.45, 7) is 2.21. The molecule has 6 nitrogen and oxygen atoms in total. The molecule has 2 rings (SSSR count). The van der Waals surface area contributed by atoms with Gasteiger partial charge in [-0.1, -0.05) is 0 Å². The number of rotatable bonds is 4. The van der Waals surface area contributed by atoms with Gasteiger partial charge in [0.15, 0.2) is 0 Å². The molecule has 0 aliphatic heterocycles. The fourth-order valence-corrected chi connectivity index (χ4v) is 1.44. The van der Waals surface area contributed by atoms with Crippen LogP contribution in [0.15, 0.2) is 30.6 Å². The van der Waals surface area contributed by atoms with Crippen molar-refractivity contribution in [3.63, 3.8) is 0 Å². The van der Waals surface area contributed by atoms with Gasteiger partial charge in [-0.2, -0.15) is 0 Å². The van der Waals surface area contributed by atoms with Gasteiger partial charge in [0.05, 0.1) is 17.8 Å². The van der Waals surface area contributed by atoms with Gasteiger partial charge in [0, 0.05) is 12.4 Å². The fraction of sp³-hybridized carbons (Fsp3) is 0.167. The molecule has 2 heterocycles. The average molecular weight is 244 g/mol. The maximum absolute atomic E-state index is 10.8. The molecule has 0 saturated heterocycles. The highest BCUT2D eigenvalue weighted by atomic mass is 16.4. The fourth-order valence-electron chi connectivity index (χ4n) is 1.44. The Labute approximate surface area is 104 Å². The van der Waals surface area contributed by atoms with Crippen LogP contribution in [0.5, 0.6) is 0 Å². The van der Waals surface area contributed by atoms with E-state index >= 15 is 0 Å². The SMILES string of the molecule is Cc1nccc(NCc2cc(C(=O)O)ccn2)n1. The van der Waals surface area contributed by atoms with E-state index in [4.69, 9.17) is 5.11 Å². The summed E-state index contributed by atoms with van der Waals surface area (Å²) < 4.78 is 0. The van der Waals surface area contributed by atoms with Crippen LogP contribution < -0.4 is 5.32 Å². The number of hydrogen-bond donors (Lipinski definition) is 2. The van der Waals surface area contributed by atoms with E-state index in [1.165, 1.54) is 18.3 Å². The van der Waals surface area contributed by atoms with Crippen LogP contribution in [0, 0.1) is 6.92 Å². The molecule has 0 unspecified atom stereocenters. The van der Waals surface area contributed by atoms with E-state index in [-0.39, 0.29) is 5.56 Å². The van der Waals surface area contributed by atoms with Crippen LogP contribution >= 0.6 is 0 Å². The van der Waals surface area contributed by atoms with E-state index in [2.05, 4.69) is 20.3 Å². The molecular formula is C12H12N4O2. The number of nitrogens with zero attached hydrogens (tertiary/aromatic N) is 3. The van der Waals surface area contributed by atoms with Gasteiger partial charge in [-0.3, -0.25) is 4.98 Å². The largest absolute Gasteiger partial charge is 0.478 e. The normalized spacial score (nSPS) is 10.1. The van der Waals surface area contributed by atoms with Gasteiger partial charge in [0.1, 0.15) is 11.6 Å². The number of carbonyl (C=O) groups is 1. The number of aromatic carboxylic acids is 1. The topological polar surface area (TPSA) is 88.0 Å². The molecule has 18 heavy (non-hydrogen) atoms. The molecule has 0 amide bonds. The Hall–Kier alpha value is -2.50. The maximum Gasteiger partial charge on any atom is 0.335 e. The van der Waals surface area contributed by atoms with Crippen molar-refractivity contribution in [2.75, 3.05) is 5.32 Å². The lowest BCUT2D eigenvalue weighted by atomic mass is 10.2. The smallest absolute Gasteiger partial charge is 0.335 e. The minimum Gasteiger partial charge on any atom is -0.478 e.